The molecule has 0 aliphatic rings. The average Bonchev–Trinajstić information content (AvgIpc) is 2.52. The number of hydrogen-bond acceptors (Lipinski definition) is 4. The highest BCUT2D eigenvalue weighted by molar-refractivity contribution is 7.11. The molecule has 0 saturated heterocycles. The zero-order valence-corrected chi connectivity index (χ0v) is 8.39. The van der Waals surface area contributed by atoms with Crippen molar-refractivity contribution in [3.63, 3.8) is 0 Å². The molecule has 1 rings (SSSR count). The second-order valence-corrected chi connectivity index (χ2v) is 3.62. The molecular weight excluding hydrogens is 184 g/mol. The molecule has 0 N–H and O–H groups in total. The quantitative estimate of drug-likeness (QED) is 0.517. The van der Waals surface area contributed by atoms with E-state index in [0.717, 1.165) is 6.29 Å². The van der Waals surface area contributed by atoms with E-state index in [-0.39, 0.29) is 0 Å². The van der Waals surface area contributed by atoms with Gasteiger partial charge in [-0.2, -0.15) is 0 Å². The molecule has 0 fully saturated rings. The summed E-state index contributed by atoms with van der Waals surface area (Å²) in [5.74, 6) is 5.82. The lowest BCUT2D eigenvalue weighted by Crippen LogP contribution is -2.10. The van der Waals surface area contributed by atoms with Crippen molar-refractivity contribution < 1.29 is 4.79 Å². The SMILES string of the molecule is CN(C)CC#Cc1csc(C=O)n1. The molecule has 13 heavy (non-hydrogen) atoms. The molecule has 68 valence electrons. The van der Waals surface area contributed by atoms with Gasteiger partial charge in [-0.3, -0.25) is 9.69 Å². The summed E-state index contributed by atoms with van der Waals surface area (Å²) in [4.78, 5) is 16.2. The predicted octanol–water partition coefficient (Wildman–Crippen LogP) is 0.869. The van der Waals surface area contributed by atoms with Gasteiger partial charge in [0.05, 0.1) is 6.54 Å². The Hall–Kier alpha value is -1.18. The number of aldehydes is 1. The third kappa shape index (κ3) is 3.36. The largest absolute Gasteiger partial charge is 0.299 e. The Balaban J connectivity index is 2.61. The monoisotopic (exact) mass is 194 g/mol. The molecule has 1 heterocycles. The zero-order valence-electron chi connectivity index (χ0n) is 7.57. The van der Waals surface area contributed by atoms with E-state index in [0.29, 0.717) is 17.2 Å². The summed E-state index contributed by atoms with van der Waals surface area (Å²) in [6.45, 7) is 0.702. The van der Waals surface area contributed by atoms with E-state index in [9.17, 15) is 4.79 Å². The van der Waals surface area contributed by atoms with Gasteiger partial charge in [0.1, 0.15) is 5.69 Å². The Morgan fingerprint density at radius 3 is 3.00 bits per heavy atom. The molecule has 0 bridgehead atoms. The van der Waals surface area contributed by atoms with Crippen LogP contribution in [0.1, 0.15) is 15.5 Å². The van der Waals surface area contributed by atoms with Crippen molar-refractivity contribution in [2.45, 2.75) is 0 Å². The van der Waals surface area contributed by atoms with Gasteiger partial charge in [0.2, 0.25) is 0 Å². The molecule has 3 nitrogen and oxygen atoms in total. The van der Waals surface area contributed by atoms with Gasteiger partial charge in [0.25, 0.3) is 0 Å². The van der Waals surface area contributed by atoms with Crippen molar-refractivity contribution >= 4 is 17.6 Å². The first-order valence-electron chi connectivity index (χ1n) is 3.76. The molecular formula is C9H10N2OS. The lowest BCUT2D eigenvalue weighted by Gasteiger charge is -2.00. The van der Waals surface area contributed by atoms with Gasteiger partial charge in [-0.1, -0.05) is 5.92 Å². The van der Waals surface area contributed by atoms with E-state index in [1.54, 1.807) is 5.38 Å². The summed E-state index contributed by atoms with van der Waals surface area (Å²) in [5, 5.41) is 2.26. The summed E-state index contributed by atoms with van der Waals surface area (Å²) in [7, 11) is 3.90. The van der Waals surface area contributed by atoms with Gasteiger partial charge in [0.15, 0.2) is 11.3 Å². The molecule has 0 radical (unpaired) electrons. The van der Waals surface area contributed by atoms with Crippen LogP contribution in [-0.4, -0.2) is 36.8 Å². The minimum Gasteiger partial charge on any atom is -0.299 e. The number of rotatable bonds is 2. The third-order valence-corrected chi connectivity index (χ3v) is 2.00. The number of hydrogen-bond donors (Lipinski definition) is 0. The van der Waals surface area contributed by atoms with Gasteiger partial charge < -0.3 is 0 Å². The van der Waals surface area contributed by atoms with E-state index in [2.05, 4.69) is 16.8 Å². The van der Waals surface area contributed by atoms with Crippen LogP contribution >= 0.6 is 11.3 Å². The Morgan fingerprint density at radius 1 is 1.69 bits per heavy atom. The molecule has 0 aliphatic heterocycles. The minimum absolute atomic E-state index is 0.481. The fourth-order valence-corrected chi connectivity index (χ4v) is 1.24. The number of nitrogens with zero attached hydrogens (tertiary/aromatic N) is 2. The molecule has 0 saturated carbocycles. The molecule has 0 atom stereocenters. The van der Waals surface area contributed by atoms with Crippen LogP contribution in [0.3, 0.4) is 0 Å². The molecule has 1 aromatic heterocycles. The third-order valence-electron chi connectivity index (χ3n) is 1.23. The summed E-state index contributed by atoms with van der Waals surface area (Å²) in [6.07, 6.45) is 0.738. The summed E-state index contributed by atoms with van der Waals surface area (Å²) < 4.78 is 0. The van der Waals surface area contributed by atoms with Crippen molar-refractivity contribution in [2.24, 2.45) is 0 Å². The lowest BCUT2D eigenvalue weighted by molar-refractivity contribution is 0.112. The molecule has 1 aromatic rings. The predicted molar refractivity (Wildman–Crippen MR) is 52.9 cm³/mol. The molecule has 0 spiro atoms. The van der Waals surface area contributed by atoms with Crippen molar-refractivity contribution in [1.82, 2.24) is 9.88 Å². The Labute approximate surface area is 81.4 Å². The Kier molecular flexibility index (Phi) is 3.62. The smallest absolute Gasteiger partial charge is 0.178 e. The molecule has 0 amide bonds. The lowest BCUT2D eigenvalue weighted by atomic mass is 10.4. The van der Waals surface area contributed by atoms with Crippen molar-refractivity contribution in [2.75, 3.05) is 20.6 Å². The van der Waals surface area contributed by atoms with Crippen LogP contribution in [-0.2, 0) is 0 Å². The summed E-state index contributed by atoms with van der Waals surface area (Å²) in [5.41, 5.74) is 0.675. The maximum absolute atomic E-state index is 10.3. The first-order valence-corrected chi connectivity index (χ1v) is 4.64. The normalized spacial score (nSPS) is 9.46. The van der Waals surface area contributed by atoms with Crippen LogP contribution in [0.15, 0.2) is 5.38 Å². The highest BCUT2D eigenvalue weighted by atomic mass is 32.1. The van der Waals surface area contributed by atoms with Crippen molar-refractivity contribution in [3.8, 4) is 11.8 Å². The van der Waals surface area contributed by atoms with Crippen molar-refractivity contribution in [3.05, 3.63) is 16.1 Å². The fraction of sp³-hybridized carbons (Fsp3) is 0.333. The minimum atomic E-state index is 0.481. The molecule has 0 unspecified atom stereocenters. The van der Waals surface area contributed by atoms with E-state index < -0.39 is 0 Å². The number of carbonyl (C=O) groups excluding carboxylic acids is 1. The molecule has 0 aromatic carbocycles. The summed E-state index contributed by atoms with van der Waals surface area (Å²) in [6, 6.07) is 0. The average molecular weight is 194 g/mol. The van der Waals surface area contributed by atoms with Crippen molar-refractivity contribution in [1.29, 1.82) is 0 Å². The van der Waals surface area contributed by atoms with Gasteiger partial charge in [0, 0.05) is 5.38 Å². The molecule has 0 aliphatic carbocycles. The van der Waals surface area contributed by atoms with Gasteiger partial charge in [-0.15, -0.1) is 11.3 Å². The molecule has 4 heteroatoms. The maximum atomic E-state index is 10.3. The first-order chi connectivity index (χ1) is 6.22. The standard InChI is InChI=1S/C9H10N2OS/c1-11(2)5-3-4-8-7-13-9(6-12)10-8/h6-7H,5H2,1-2H3. The number of aromatic nitrogens is 1. The van der Waals surface area contributed by atoms with Crippen LogP contribution < -0.4 is 0 Å². The van der Waals surface area contributed by atoms with E-state index in [1.807, 2.05) is 19.0 Å². The topological polar surface area (TPSA) is 33.2 Å². The van der Waals surface area contributed by atoms with Crippen LogP contribution in [0.2, 0.25) is 0 Å². The first kappa shape index (κ1) is 9.90. The van der Waals surface area contributed by atoms with Gasteiger partial charge in [-0.25, -0.2) is 4.98 Å². The van der Waals surface area contributed by atoms with Crippen LogP contribution in [0, 0.1) is 11.8 Å². The highest BCUT2D eigenvalue weighted by Gasteiger charge is 1.95. The van der Waals surface area contributed by atoms with Gasteiger partial charge in [-0.05, 0) is 20.0 Å². The Morgan fingerprint density at radius 2 is 2.46 bits per heavy atom. The summed E-state index contributed by atoms with van der Waals surface area (Å²) >= 11 is 1.31. The van der Waals surface area contributed by atoms with E-state index >= 15 is 0 Å². The van der Waals surface area contributed by atoms with Crippen LogP contribution in [0.4, 0.5) is 0 Å². The van der Waals surface area contributed by atoms with Crippen LogP contribution in [0.5, 0.6) is 0 Å². The maximum Gasteiger partial charge on any atom is 0.178 e. The second kappa shape index (κ2) is 4.75. The van der Waals surface area contributed by atoms with E-state index in [4.69, 9.17) is 0 Å². The number of carbonyl (C=O) groups is 1. The van der Waals surface area contributed by atoms with Gasteiger partial charge >= 0.3 is 0 Å². The second-order valence-electron chi connectivity index (χ2n) is 2.73. The number of thiazole rings is 1. The zero-order chi connectivity index (χ0) is 9.68. The Bertz CT molecular complexity index is 346. The highest BCUT2D eigenvalue weighted by Crippen LogP contribution is 2.05. The fourth-order valence-electron chi connectivity index (χ4n) is 0.687. The van der Waals surface area contributed by atoms with E-state index in [1.165, 1.54) is 11.3 Å². The van der Waals surface area contributed by atoms with Crippen LogP contribution in [0.25, 0.3) is 0 Å².